The van der Waals surface area contributed by atoms with E-state index < -0.39 is 21.3 Å². The Morgan fingerprint density at radius 2 is 1.93 bits per heavy atom. The number of hydrogen-bond acceptors (Lipinski definition) is 3. The summed E-state index contributed by atoms with van der Waals surface area (Å²) in [5.74, 6) is -2.54. The van der Waals surface area contributed by atoms with Gasteiger partial charge in [-0.25, -0.2) is 9.59 Å². The lowest BCUT2D eigenvalue weighted by atomic mass is 10.2. The second-order valence-electron chi connectivity index (χ2n) is 2.13. The van der Waals surface area contributed by atoms with Gasteiger partial charge in [0.05, 0.1) is 6.61 Å². The predicted molar refractivity (Wildman–Crippen MR) is 52.6 cm³/mol. The van der Waals surface area contributed by atoms with E-state index in [0.717, 1.165) is 0 Å². The molecule has 0 heterocycles. The molecule has 0 radical (unpaired) electrons. The van der Waals surface area contributed by atoms with Crippen LogP contribution in [0.5, 0.6) is 0 Å². The largest absolute Gasteiger partial charge is 0.477 e. The predicted octanol–water partition coefficient (Wildman–Crippen LogP) is 1.93. The quantitative estimate of drug-likeness (QED) is 0.277. The Morgan fingerprint density at radius 1 is 1.43 bits per heavy atom. The average molecular weight is 261 g/mol. The molecule has 80 valence electrons. The lowest BCUT2D eigenvalue weighted by molar-refractivity contribution is -0.143. The van der Waals surface area contributed by atoms with Crippen LogP contribution in [0.3, 0.4) is 0 Å². The Balaban J connectivity index is 4.87. The first kappa shape index (κ1) is 13.5. The maximum Gasteiger partial charge on any atom is 0.345 e. The first-order chi connectivity index (χ1) is 6.28. The van der Waals surface area contributed by atoms with Crippen LogP contribution in [0.25, 0.3) is 0 Å². The van der Waals surface area contributed by atoms with E-state index >= 15 is 0 Å². The molecule has 0 saturated heterocycles. The number of carboxylic acid groups (broad SMARTS) is 1. The van der Waals surface area contributed by atoms with Gasteiger partial charge in [0.25, 0.3) is 0 Å². The molecule has 0 spiro atoms. The highest BCUT2D eigenvalue weighted by atomic mass is 35.6. The van der Waals surface area contributed by atoms with E-state index in [1.807, 2.05) is 0 Å². The van der Waals surface area contributed by atoms with E-state index in [2.05, 4.69) is 4.74 Å². The van der Waals surface area contributed by atoms with Gasteiger partial charge in [-0.15, -0.1) is 0 Å². The van der Waals surface area contributed by atoms with Crippen molar-refractivity contribution in [1.29, 1.82) is 0 Å². The normalized spacial score (nSPS) is 12.4. The zero-order valence-corrected chi connectivity index (χ0v) is 9.36. The van der Waals surface area contributed by atoms with Crippen molar-refractivity contribution in [3.63, 3.8) is 0 Å². The molecule has 0 aromatic heterocycles. The second kappa shape index (κ2) is 5.44. The molecule has 0 bridgehead atoms. The Bertz CT molecular complexity index is 267. The molecule has 0 unspecified atom stereocenters. The van der Waals surface area contributed by atoms with Gasteiger partial charge >= 0.3 is 11.9 Å². The Hall–Kier alpha value is -0.450. The lowest BCUT2D eigenvalue weighted by Gasteiger charge is -2.06. The molecule has 14 heavy (non-hydrogen) atoms. The van der Waals surface area contributed by atoms with Gasteiger partial charge in [-0.05, 0) is 13.0 Å². The second-order valence-corrected chi connectivity index (χ2v) is 4.49. The molecule has 0 aliphatic rings. The number of carbonyl (C=O) groups is 2. The third kappa shape index (κ3) is 5.32. The molecule has 0 aliphatic carbocycles. The van der Waals surface area contributed by atoms with E-state index in [9.17, 15) is 9.59 Å². The summed E-state index contributed by atoms with van der Waals surface area (Å²) in [5, 5.41) is 8.59. The number of ether oxygens (including phenoxy) is 1. The molecule has 0 fully saturated rings. The summed E-state index contributed by atoms with van der Waals surface area (Å²) in [6, 6.07) is 0. The van der Waals surface area contributed by atoms with Crippen molar-refractivity contribution in [1.82, 2.24) is 0 Å². The third-order valence-electron chi connectivity index (χ3n) is 1.03. The van der Waals surface area contributed by atoms with Crippen molar-refractivity contribution in [2.45, 2.75) is 10.7 Å². The third-order valence-corrected chi connectivity index (χ3v) is 1.36. The number of allylic oxidation sites excluding steroid dienone is 1. The monoisotopic (exact) mass is 260 g/mol. The molecule has 0 aromatic rings. The first-order valence-corrected chi connectivity index (χ1v) is 4.61. The summed E-state index contributed by atoms with van der Waals surface area (Å²) in [6.45, 7) is 1.58. The Morgan fingerprint density at radius 3 is 2.21 bits per heavy atom. The van der Waals surface area contributed by atoms with Gasteiger partial charge < -0.3 is 9.84 Å². The van der Waals surface area contributed by atoms with E-state index in [-0.39, 0.29) is 6.61 Å². The van der Waals surface area contributed by atoms with Crippen molar-refractivity contribution in [3.05, 3.63) is 11.6 Å². The molecule has 0 atom stereocenters. The number of carboxylic acids is 1. The highest BCUT2D eigenvalue weighted by Gasteiger charge is 2.25. The molecule has 0 rings (SSSR count). The van der Waals surface area contributed by atoms with E-state index in [4.69, 9.17) is 39.9 Å². The van der Waals surface area contributed by atoms with Crippen LogP contribution in [0.15, 0.2) is 11.6 Å². The van der Waals surface area contributed by atoms with E-state index in [0.29, 0.717) is 6.08 Å². The molecule has 7 heteroatoms. The number of alkyl halides is 3. The van der Waals surface area contributed by atoms with Crippen molar-refractivity contribution < 1.29 is 19.4 Å². The van der Waals surface area contributed by atoms with Crippen molar-refractivity contribution in [3.8, 4) is 0 Å². The molecular weight excluding hydrogens is 254 g/mol. The summed E-state index contributed by atoms with van der Waals surface area (Å²) in [5.41, 5.74) is -0.702. The summed E-state index contributed by atoms with van der Waals surface area (Å²) >= 11 is 15.9. The van der Waals surface area contributed by atoms with Crippen LogP contribution in [-0.4, -0.2) is 27.4 Å². The van der Waals surface area contributed by atoms with Crippen LogP contribution in [-0.2, 0) is 14.3 Å². The maximum absolute atomic E-state index is 11.0. The number of carbonyl (C=O) groups excluding carboxylic acids is 1. The van der Waals surface area contributed by atoms with E-state index in [1.54, 1.807) is 0 Å². The van der Waals surface area contributed by atoms with E-state index in [1.165, 1.54) is 6.92 Å². The van der Waals surface area contributed by atoms with Crippen LogP contribution >= 0.6 is 34.8 Å². The van der Waals surface area contributed by atoms with Gasteiger partial charge in [0.1, 0.15) is 5.57 Å². The Labute approximate surface area is 95.4 Å². The van der Waals surface area contributed by atoms with Gasteiger partial charge in [0.2, 0.25) is 3.79 Å². The molecule has 0 amide bonds. The minimum Gasteiger partial charge on any atom is -0.477 e. The SMILES string of the molecule is CCOC(=O)C(=CC(Cl)(Cl)Cl)C(=O)O. The van der Waals surface area contributed by atoms with Gasteiger partial charge in [-0.1, -0.05) is 34.8 Å². The van der Waals surface area contributed by atoms with Crippen molar-refractivity contribution >= 4 is 46.7 Å². The topological polar surface area (TPSA) is 63.6 Å². The minimum atomic E-state index is -1.94. The fraction of sp³-hybridized carbons (Fsp3) is 0.429. The fourth-order valence-electron chi connectivity index (χ4n) is 0.580. The first-order valence-electron chi connectivity index (χ1n) is 3.48. The number of rotatable bonds is 3. The molecular formula is C7H7Cl3O4. The number of esters is 1. The average Bonchev–Trinajstić information content (AvgIpc) is 1.98. The van der Waals surface area contributed by atoms with Crippen molar-refractivity contribution in [2.75, 3.05) is 6.61 Å². The number of halogens is 3. The summed E-state index contributed by atoms with van der Waals surface area (Å²) in [4.78, 5) is 21.6. The standard InChI is InChI=1S/C7H7Cl3O4/c1-2-14-6(13)4(5(11)12)3-7(8,9)10/h3H,2H2,1H3,(H,11,12). The van der Waals surface area contributed by atoms with Gasteiger partial charge in [-0.2, -0.15) is 0 Å². The molecule has 4 nitrogen and oxygen atoms in total. The number of aliphatic carboxylic acids is 1. The summed E-state index contributed by atoms with van der Waals surface area (Å²) in [7, 11) is 0. The van der Waals surface area contributed by atoms with Crippen LogP contribution in [0.1, 0.15) is 6.92 Å². The van der Waals surface area contributed by atoms with Crippen molar-refractivity contribution in [2.24, 2.45) is 0 Å². The summed E-state index contributed by atoms with van der Waals surface area (Å²) < 4.78 is 2.50. The van der Waals surface area contributed by atoms with Crippen LogP contribution in [0.2, 0.25) is 0 Å². The van der Waals surface area contributed by atoms with Gasteiger partial charge in [-0.3, -0.25) is 0 Å². The van der Waals surface area contributed by atoms with Gasteiger partial charge in [0.15, 0.2) is 0 Å². The summed E-state index contributed by atoms with van der Waals surface area (Å²) in [6.07, 6.45) is 0.692. The van der Waals surface area contributed by atoms with Gasteiger partial charge in [0, 0.05) is 0 Å². The highest BCUT2D eigenvalue weighted by Crippen LogP contribution is 2.29. The van der Waals surface area contributed by atoms with Crippen LogP contribution in [0.4, 0.5) is 0 Å². The van der Waals surface area contributed by atoms with Crippen LogP contribution < -0.4 is 0 Å². The number of hydrogen-bond donors (Lipinski definition) is 1. The fourth-order valence-corrected chi connectivity index (χ4v) is 0.908. The Kier molecular flexibility index (Phi) is 5.26. The maximum atomic E-state index is 11.0. The smallest absolute Gasteiger partial charge is 0.345 e. The lowest BCUT2D eigenvalue weighted by Crippen LogP contribution is -2.17. The molecule has 1 N–H and O–H groups in total. The zero-order chi connectivity index (χ0) is 11.4. The minimum absolute atomic E-state index is 0.0450. The van der Waals surface area contributed by atoms with Crippen LogP contribution in [0, 0.1) is 0 Å². The molecule has 0 saturated carbocycles. The zero-order valence-electron chi connectivity index (χ0n) is 7.09. The molecule has 0 aliphatic heterocycles. The molecule has 0 aromatic carbocycles. The highest BCUT2D eigenvalue weighted by molar-refractivity contribution is 6.69.